The van der Waals surface area contributed by atoms with Crippen molar-refractivity contribution in [2.24, 2.45) is 0 Å². The van der Waals surface area contributed by atoms with E-state index < -0.39 is 8.56 Å². The van der Waals surface area contributed by atoms with E-state index in [-0.39, 0.29) is 51.0 Å². The molecule has 2 nitrogen and oxygen atoms in total. The third-order valence-electron chi connectivity index (χ3n) is 5.52. The molecule has 184 valence electrons. The standard InChI is InChI=1S/2C14H11.C2H8O2Si.2ClH.Zr/c2*1-10-8-12-7-6-11-4-2-3-5-13(11)14(12)9-10;1-5(2,3)4;;;/h2*2-9H,1H3;3-4H,1-2H3;2*1H;/q2*-1;;;;+4/p-2. The molecule has 0 saturated carbocycles. The molecule has 6 aromatic carbocycles. The summed E-state index contributed by atoms with van der Waals surface area (Å²) in [7, 11) is -2.61. The van der Waals surface area contributed by atoms with Crippen molar-refractivity contribution in [1.29, 1.82) is 0 Å². The minimum absolute atomic E-state index is 0. The first-order valence-corrected chi connectivity index (χ1v) is 14.1. The second-order valence-electron chi connectivity index (χ2n) is 9.14. The van der Waals surface area contributed by atoms with Crippen molar-refractivity contribution < 1.29 is 60.6 Å². The van der Waals surface area contributed by atoms with E-state index in [2.05, 4.69) is 111 Å². The SMILES string of the molecule is C[Si](C)(O)O.Cc1cc2c(ccc3ccccc32)[cH-]1.Cc1cc2c(ccc3ccccc32)[cH-]1.[Cl-].[Cl-].[Zr+4]. The first kappa shape index (κ1) is 32.2. The van der Waals surface area contributed by atoms with Crippen LogP contribution in [0.4, 0.5) is 0 Å². The summed E-state index contributed by atoms with van der Waals surface area (Å²) in [5, 5.41) is 10.8. The first-order valence-electron chi connectivity index (χ1n) is 11.2. The van der Waals surface area contributed by atoms with Crippen LogP contribution in [-0.4, -0.2) is 18.2 Å². The van der Waals surface area contributed by atoms with Gasteiger partial charge in [0.25, 0.3) is 0 Å². The third-order valence-corrected chi connectivity index (χ3v) is 5.52. The Morgan fingerprint density at radius 3 is 1.25 bits per heavy atom. The molecular weight excluding hydrogens is 583 g/mol. The van der Waals surface area contributed by atoms with Crippen molar-refractivity contribution in [3.8, 4) is 0 Å². The van der Waals surface area contributed by atoms with Crippen molar-refractivity contribution in [2.45, 2.75) is 26.9 Å². The molecule has 36 heavy (non-hydrogen) atoms. The van der Waals surface area contributed by atoms with Crippen molar-refractivity contribution in [1.82, 2.24) is 0 Å². The molecule has 0 aliphatic rings. The predicted octanol–water partition coefficient (Wildman–Crippen LogP) is 1.72. The molecule has 0 amide bonds. The number of hydrogen-bond acceptors (Lipinski definition) is 2. The van der Waals surface area contributed by atoms with Crippen molar-refractivity contribution in [3.63, 3.8) is 0 Å². The topological polar surface area (TPSA) is 40.5 Å². The van der Waals surface area contributed by atoms with Crippen LogP contribution in [0, 0.1) is 13.8 Å². The minimum Gasteiger partial charge on any atom is -1.00 e. The summed E-state index contributed by atoms with van der Waals surface area (Å²) in [6, 6.07) is 34.9. The molecule has 0 bridgehead atoms. The van der Waals surface area contributed by atoms with Crippen LogP contribution in [0.3, 0.4) is 0 Å². The quantitative estimate of drug-likeness (QED) is 0.203. The van der Waals surface area contributed by atoms with Gasteiger partial charge in [0, 0.05) is 0 Å². The van der Waals surface area contributed by atoms with Gasteiger partial charge in [0.2, 0.25) is 0 Å². The molecule has 6 aromatic rings. The van der Waals surface area contributed by atoms with Crippen LogP contribution in [0.2, 0.25) is 13.1 Å². The molecule has 0 aliphatic carbocycles. The summed E-state index contributed by atoms with van der Waals surface area (Å²) < 4.78 is 0. The van der Waals surface area contributed by atoms with Crippen LogP contribution in [0.1, 0.15) is 11.1 Å². The van der Waals surface area contributed by atoms with Gasteiger partial charge in [0.15, 0.2) is 0 Å². The smallest absolute Gasteiger partial charge is 1.00 e. The van der Waals surface area contributed by atoms with Crippen molar-refractivity contribution in [3.05, 3.63) is 108 Å². The molecule has 0 aliphatic heterocycles. The molecule has 0 saturated heterocycles. The summed E-state index contributed by atoms with van der Waals surface area (Å²) >= 11 is 0. The Hall–Kier alpha value is -1.78. The number of hydrogen-bond donors (Lipinski definition) is 2. The summed E-state index contributed by atoms with van der Waals surface area (Å²) in [5.41, 5.74) is 2.69. The van der Waals surface area contributed by atoms with Crippen molar-refractivity contribution in [2.75, 3.05) is 0 Å². The van der Waals surface area contributed by atoms with Gasteiger partial charge >= 0.3 is 34.8 Å². The van der Waals surface area contributed by atoms with Gasteiger partial charge in [-0.1, -0.05) is 85.3 Å². The molecule has 0 fully saturated rings. The molecule has 6 heteroatoms. The number of benzene rings is 4. The molecule has 2 N–H and O–H groups in total. The molecular formula is C30H30Cl2O2SiZr. The number of halogens is 2. The Morgan fingerprint density at radius 1 is 0.556 bits per heavy atom. The van der Waals surface area contributed by atoms with E-state index in [1.165, 1.54) is 67.3 Å². The van der Waals surface area contributed by atoms with Crippen LogP contribution in [0.5, 0.6) is 0 Å². The van der Waals surface area contributed by atoms with E-state index in [9.17, 15) is 0 Å². The first-order chi connectivity index (χ1) is 15.7. The Labute approximate surface area is 245 Å². The molecule has 0 spiro atoms. The molecule has 6 rings (SSSR count). The normalized spacial score (nSPS) is 10.4. The van der Waals surface area contributed by atoms with Gasteiger partial charge in [0.05, 0.1) is 0 Å². The van der Waals surface area contributed by atoms with Crippen LogP contribution in [0.25, 0.3) is 43.1 Å². The van der Waals surface area contributed by atoms with Gasteiger partial charge in [0.1, 0.15) is 0 Å². The van der Waals surface area contributed by atoms with E-state index in [4.69, 9.17) is 9.59 Å². The maximum Gasteiger partial charge on any atom is 4.00 e. The second kappa shape index (κ2) is 13.7. The van der Waals surface area contributed by atoms with Crippen molar-refractivity contribution >= 4 is 51.7 Å². The number of rotatable bonds is 0. The fourth-order valence-electron chi connectivity index (χ4n) is 4.23. The molecule has 0 unspecified atom stereocenters. The summed E-state index contributed by atoms with van der Waals surface area (Å²) in [6.07, 6.45) is 0. The van der Waals surface area contributed by atoms with E-state index >= 15 is 0 Å². The minimum atomic E-state index is -2.61. The van der Waals surface area contributed by atoms with Gasteiger partial charge in [-0.2, -0.15) is 12.1 Å². The maximum atomic E-state index is 8.22. The van der Waals surface area contributed by atoms with Gasteiger partial charge in [-0.25, -0.2) is 0 Å². The van der Waals surface area contributed by atoms with Crippen LogP contribution in [0.15, 0.2) is 97.1 Å². The molecule has 0 aromatic heterocycles. The number of fused-ring (bicyclic) bond motifs is 6. The maximum absolute atomic E-state index is 8.22. The largest absolute Gasteiger partial charge is 4.00 e. The third kappa shape index (κ3) is 8.11. The average Bonchev–Trinajstić information content (AvgIpc) is 3.34. The Balaban J connectivity index is 0.000000285. The van der Waals surface area contributed by atoms with Gasteiger partial charge in [-0.05, 0) is 23.9 Å². The van der Waals surface area contributed by atoms with E-state index in [1.54, 1.807) is 0 Å². The zero-order valence-corrected chi connectivity index (χ0v) is 25.9. The fourth-order valence-corrected chi connectivity index (χ4v) is 4.23. The zero-order chi connectivity index (χ0) is 23.6. The second-order valence-corrected chi connectivity index (χ2v) is 12.1. The van der Waals surface area contributed by atoms with E-state index in [1.807, 2.05) is 0 Å². The Kier molecular flexibility index (Phi) is 12.2. The monoisotopic (exact) mass is 610 g/mol. The van der Waals surface area contributed by atoms with Crippen LogP contribution < -0.4 is 24.8 Å². The molecule has 0 heterocycles. The summed E-state index contributed by atoms with van der Waals surface area (Å²) in [6.45, 7) is 7.17. The predicted molar refractivity (Wildman–Crippen MR) is 145 cm³/mol. The van der Waals surface area contributed by atoms with Gasteiger partial charge < -0.3 is 34.4 Å². The summed E-state index contributed by atoms with van der Waals surface area (Å²) in [4.78, 5) is 16.4. The fraction of sp³-hybridized carbons (Fsp3) is 0.133. The molecule has 0 radical (unpaired) electrons. The zero-order valence-electron chi connectivity index (χ0n) is 20.9. The van der Waals surface area contributed by atoms with Gasteiger partial charge in [-0.3, -0.25) is 0 Å². The average molecular weight is 613 g/mol. The number of aryl methyl sites for hydroxylation is 2. The Morgan fingerprint density at radius 2 is 0.889 bits per heavy atom. The van der Waals surface area contributed by atoms with E-state index in [0.717, 1.165) is 0 Å². The van der Waals surface area contributed by atoms with Gasteiger partial charge in [-0.15, -0.1) is 56.9 Å². The summed E-state index contributed by atoms with van der Waals surface area (Å²) in [5.74, 6) is 0. The van der Waals surface area contributed by atoms with Crippen LogP contribution in [-0.2, 0) is 26.2 Å². The Bertz CT molecular complexity index is 1430. The molecule has 0 atom stereocenters. The van der Waals surface area contributed by atoms with Crippen LogP contribution >= 0.6 is 0 Å². The van der Waals surface area contributed by atoms with E-state index in [0.29, 0.717) is 0 Å².